The van der Waals surface area contributed by atoms with Crippen molar-refractivity contribution in [2.45, 2.75) is 31.3 Å². The fraction of sp³-hybridized carbons (Fsp3) is 0.900. The summed E-state index contributed by atoms with van der Waals surface area (Å²) in [5, 5.41) is 3.03. The molecule has 2 rings (SSSR count). The fourth-order valence-corrected chi connectivity index (χ4v) is 3.69. The number of nitrogens with one attached hydrogen (secondary N) is 1. The molecule has 2 aliphatic rings. The van der Waals surface area contributed by atoms with Crippen molar-refractivity contribution in [3.05, 3.63) is 0 Å². The zero-order valence-electron chi connectivity index (χ0n) is 9.48. The van der Waals surface area contributed by atoms with Crippen LogP contribution in [0.1, 0.15) is 19.3 Å². The molecule has 0 radical (unpaired) electrons. The average Bonchev–Trinajstić information content (AvgIpc) is 2.99. The minimum absolute atomic E-state index is 0.0402. The highest BCUT2D eigenvalue weighted by Crippen LogP contribution is 2.25. The van der Waals surface area contributed by atoms with Crippen LogP contribution in [0.25, 0.3) is 0 Å². The van der Waals surface area contributed by atoms with Crippen LogP contribution in [0.5, 0.6) is 0 Å². The lowest BCUT2D eigenvalue weighted by molar-refractivity contribution is -0.129. The summed E-state index contributed by atoms with van der Waals surface area (Å²) in [4.78, 5) is 13.4. The quantitative estimate of drug-likeness (QED) is 0.718. The van der Waals surface area contributed by atoms with Crippen molar-refractivity contribution < 1.29 is 13.2 Å². The van der Waals surface area contributed by atoms with Crippen molar-refractivity contribution in [3.63, 3.8) is 0 Å². The molecule has 1 saturated heterocycles. The standard InChI is InChI=1S/C10H18N2O3S/c1-12(9-2-3-9)10(13)6-11-8-4-5-16(14,15)7-8/h8-9,11H,2-7H2,1H3. The second-order valence-corrected chi connectivity index (χ2v) is 6.95. The van der Waals surface area contributed by atoms with Crippen LogP contribution in [-0.4, -0.2) is 56.4 Å². The van der Waals surface area contributed by atoms with Crippen molar-refractivity contribution in [3.8, 4) is 0 Å². The van der Waals surface area contributed by atoms with Gasteiger partial charge in [0.1, 0.15) is 0 Å². The van der Waals surface area contributed by atoms with Crippen molar-refractivity contribution in [2.24, 2.45) is 0 Å². The third kappa shape index (κ3) is 2.95. The number of hydrogen-bond acceptors (Lipinski definition) is 4. The number of nitrogens with zero attached hydrogens (tertiary/aromatic N) is 1. The van der Waals surface area contributed by atoms with Gasteiger partial charge < -0.3 is 10.2 Å². The van der Waals surface area contributed by atoms with Gasteiger partial charge in [0.2, 0.25) is 5.91 Å². The Labute approximate surface area is 96.1 Å². The number of carbonyl (C=O) groups is 1. The normalized spacial score (nSPS) is 27.9. The molecule has 5 nitrogen and oxygen atoms in total. The highest BCUT2D eigenvalue weighted by molar-refractivity contribution is 7.91. The number of carbonyl (C=O) groups excluding carboxylic acids is 1. The molecule has 0 bridgehead atoms. The molecule has 1 saturated carbocycles. The molecule has 0 aromatic rings. The lowest BCUT2D eigenvalue weighted by Gasteiger charge is -2.18. The van der Waals surface area contributed by atoms with E-state index in [1.54, 1.807) is 4.90 Å². The molecule has 0 aromatic heterocycles. The van der Waals surface area contributed by atoms with Gasteiger partial charge in [-0.15, -0.1) is 0 Å². The first-order valence-electron chi connectivity index (χ1n) is 5.67. The minimum Gasteiger partial charge on any atom is -0.342 e. The molecular formula is C10H18N2O3S. The molecule has 1 atom stereocenters. The summed E-state index contributed by atoms with van der Waals surface area (Å²) in [5.41, 5.74) is 0. The van der Waals surface area contributed by atoms with Crippen LogP contribution >= 0.6 is 0 Å². The predicted molar refractivity (Wildman–Crippen MR) is 60.9 cm³/mol. The molecule has 1 amide bonds. The minimum atomic E-state index is -2.86. The van der Waals surface area contributed by atoms with Crippen LogP contribution in [0.3, 0.4) is 0 Å². The van der Waals surface area contributed by atoms with Crippen LogP contribution in [0.2, 0.25) is 0 Å². The Hall–Kier alpha value is -0.620. The van der Waals surface area contributed by atoms with E-state index < -0.39 is 9.84 Å². The zero-order valence-corrected chi connectivity index (χ0v) is 10.3. The van der Waals surface area contributed by atoms with E-state index in [0.717, 1.165) is 12.8 Å². The molecule has 1 N–H and O–H groups in total. The van der Waals surface area contributed by atoms with Gasteiger partial charge in [0, 0.05) is 19.1 Å². The summed E-state index contributed by atoms with van der Waals surface area (Å²) in [6, 6.07) is 0.378. The summed E-state index contributed by atoms with van der Waals surface area (Å²) in [7, 11) is -1.04. The second-order valence-electron chi connectivity index (χ2n) is 4.72. The molecule has 16 heavy (non-hydrogen) atoms. The number of hydrogen-bond donors (Lipinski definition) is 1. The third-order valence-corrected chi connectivity index (χ3v) is 5.03. The van der Waals surface area contributed by atoms with E-state index in [-0.39, 0.29) is 30.0 Å². The molecule has 6 heteroatoms. The van der Waals surface area contributed by atoms with E-state index in [1.165, 1.54) is 0 Å². The smallest absolute Gasteiger partial charge is 0.236 e. The molecule has 1 aliphatic heterocycles. The first-order valence-corrected chi connectivity index (χ1v) is 7.49. The Balaban J connectivity index is 1.73. The highest BCUT2D eigenvalue weighted by atomic mass is 32.2. The van der Waals surface area contributed by atoms with Crippen molar-refractivity contribution >= 4 is 15.7 Å². The monoisotopic (exact) mass is 246 g/mol. The lowest BCUT2D eigenvalue weighted by Crippen LogP contribution is -2.41. The van der Waals surface area contributed by atoms with E-state index in [4.69, 9.17) is 0 Å². The van der Waals surface area contributed by atoms with Crippen LogP contribution in [0.15, 0.2) is 0 Å². The molecular weight excluding hydrogens is 228 g/mol. The number of rotatable bonds is 4. The third-order valence-electron chi connectivity index (χ3n) is 3.26. The van der Waals surface area contributed by atoms with Gasteiger partial charge in [-0.3, -0.25) is 4.79 Å². The summed E-state index contributed by atoms with van der Waals surface area (Å²) in [6.07, 6.45) is 2.82. The number of likely N-dealkylation sites (N-methyl/N-ethyl adjacent to an activating group) is 1. The van der Waals surface area contributed by atoms with Gasteiger partial charge in [-0.1, -0.05) is 0 Å². The molecule has 1 aliphatic carbocycles. The lowest BCUT2D eigenvalue weighted by atomic mass is 10.2. The first-order chi connectivity index (χ1) is 7.48. The summed E-state index contributed by atoms with van der Waals surface area (Å²) in [6.45, 7) is 0.257. The Morgan fingerprint density at radius 2 is 2.06 bits per heavy atom. The number of amides is 1. The van der Waals surface area contributed by atoms with Gasteiger partial charge >= 0.3 is 0 Å². The highest BCUT2D eigenvalue weighted by Gasteiger charge is 2.31. The van der Waals surface area contributed by atoms with E-state index in [9.17, 15) is 13.2 Å². The van der Waals surface area contributed by atoms with E-state index in [1.807, 2.05) is 7.05 Å². The van der Waals surface area contributed by atoms with E-state index in [2.05, 4.69) is 5.32 Å². The molecule has 1 heterocycles. The van der Waals surface area contributed by atoms with Gasteiger partial charge in [-0.05, 0) is 19.3 Å². The average molecular weight is 246 g/mol. The maximum Gasteiger partial charge on any atom is 0.236 e. The zero-order chi connectivity index (χ0) is 11.8. The summed E-state index contributed by atoms with van der Waals surface area (Å²) in [5.74, 6) is 0.483. The van der Waals surface area contributed by atoms with Gasteiger partial charge in [0.05, 0.1) is 18.1 Å². The first kappa shape index (κ1) is 11.9. The second kappa shape index (κ2) is 4.33. The van der Waals surface area contributed by atoms with Crippen molar-refractivity contribution in [1.82, 2.24) is 10.2 Å². The topological polar surface area (TPSA) is 66.5 Å². The predicted octanol–water partition coefficient (Wildman–Crippen LogP) is -0.616. The SMILES string of the molecule is CN(C(=O)CNC1CCS(=O)(=O)C1)C1CC1. The maximum absolute atomic E-state index is 11.7. The van der Waals surface area contributed by atoms with Crippen LogP contribution in [0, 0.1) is 0 Å². The van der Waals surface area contributed by atoms with Crippen LogP contribution in [-0.2, 0) is 14.6 Å². The Morgan fingerprint density at radius 1 is 1.38 bits per heavy atom. The number of sulfone groups is 1. The van der Waals surface area contributed by atoms with Gasteiger partial charge in [0.25, 0.3) is 0 Å². The molecule has 92 valence electrons. The molecule has 1 unspecified atom stereocenters. The Morgan fingerprint density at radius 3 is 2.56 bits per heavy atom. The van der Waals surface area contributed by atoms with Crippen LogP contribution in [0.4, 0.5) is 0 Å². The summed E-state index contributed by atoms with van der Waals surface area (Å²) >= 11 is 0. The van der Waals surface area contributed by atoms with E-state index in [0.29, 0.717) is 12.5 Å². The van der Waals surface area contributed by atoms with Crippen molar-refractivity contribution in [2.75, 3.05) is 25.1 Å². The maximum atomic E-state index is 11.7. The Kier molecular flexibility index (Phi) is 3.21. The van der Waals surface area contributed by atoms with Crippen LogP contribution < -0.4 is 5.32 Å². The molecule has 0 spiro atoms. The van der Waals surface area contributed by atoms with Gasteiger partial charge in [-0.25, -0.2) is 8.42 Å². The van der Waals surface area contributed by atoms with Gasteiger partial charge in [0.15, 0.2) is 9.84 Å². The largest absolute Gasteiger partial charge is 0.342 e. The van der Waals surface area contributed by atoms with E-state index >= 15 is 0 Å². The summed E-state index contributed by atoms with van der Waals surface area (Å²) < 4.78 is 22.4. The molecule has 2 fully saturated rings. The van der Waals surface area contributed by atoms with Crippen molar-refractivity contribution in [1.29, 1.82) is 0 Å². The fourth-order valence-electron chi connectivity index (χ4n) is 1.98. The Bertz CT molecular complexity index is 376. The molecule has 0 aromatic carbocycles. The van der Waals surface area contributed by atoms with Gasteiger partial charge in [-0.2, -0.15) is 0 Å².